The smallest absolute Gasteiger partial charge is 0.144 e. The minimum Gasteiger partial charge on any atom is -0.299 e. The van der Waals surface area contributed by atoms with Crippen molar-refractivity contribution in [2.45, 2.75) is 45.4 Å². The maximum Gasteiger partial charge on any atom is 0.144 e. The minimum absolute atomic E-state index is 0.0317. The molecule has 1 heterocycles. The molecule has 2 rings (SSSR count). The highest BCUT2D eigenvalue weighted by molar-refractivity contribution is 7.10. The van der Waals surface area contributed by atoms with Crippen LogP contribution in [0, 0.1) is 5.41 Å². The van der Waals surface area contributed by atoms with Crippen molar-refractivity contribution in [2.24, 2.45) is 5.41 Å². The van der Waals surface area contributed by atoms with Crippen LogP contribution < -0.4 is 0 Å². The van der Waals surface area contributed by atoms with Crippen molar-refractivity contribution in [3.8, 4) is 0 Å². The summed E-state index contributed by atoms with van der Waals surface area (Å²) in [7, 11) is 0. The van der Waals surface area contributed by atoms with Crippen LogP contribution in [0.3, 0.4) is 0 Å². The topological polar surface area (TPSA) is 17.1 Å². The van der Waals surface area contributed by atoms with Crippen molar-refractivity contribution in [3.05, 3.63) is 22.4 Å². The average Bonchev–Trinajstić information content (AvgIpc) is 2.87. The third-order valence-corrected chi connectivity index (χ3v) is 4.62. The van der Waals surface area contributed by atoms with Crippen LogP contribution in [0.1, 0.15) is 43.9 Å². The van der Waals surface area contributed by atoms with Crippen LogP contribution in [-0.4, -0.2) is 5.78 Å². The van der Waals surface area contributed by atoms with Gasteiger partial charge in [0.15, 0.2) is 0 Å². The minimum atomic E-state index is 0.0317. The lowest BCUT2D eigenvalue weighted by Crippen LogP contribution is -2.28. The van der Waals surface area contributed by atoms with E-state index in [9.17, 15) is 4.79 Å². The zero-order valence-electron chi connectivity index (χ0n) is 9.29. The summed E-state index contributed by atoms with van der Waals surface area (Å²) < 4.78 is 0. The van der Waals surface area contributed by atoms with E-state index in [-0.39, 0.29) is 5.41 Å². The zero-order valence-corrected chi connectivity index (χ0v) is 10.1. The van der Waals surface area contributed by atoms with Crippen LogP contribution in [0.25, 0.3) is 0 Å². The zero-order chi connectivity index (χ0) is 10.7. The molecule has 15 heavy (non-hydrogen) atoms. The molecule has 0 amide bonds. The van der Waals surface area contributed by atoms with Crippen LogP contribution in [0.2, 0.25) is 0 Å². The van der Waals surface area contributed by atoms with E-state index in [1.54, 1.807) is 11.3 Å². The number of ketones is 1. The Hall–Kier alpha value is -0.630. The molecule has 1 aliphatic carbocycles. The molecule has 0 unspecified atom stereocenters. The van der Waals surface area contributed by atoms with Gasteiger partial charge in [-0.15, -0.1) is 11.3 Å². The summed E-state index contributed by atoms with van der Waals surface area (Å²) in [4.78, 5) is 13.5. The maximum absolute atomic E-state index is 12.3. The highest BCUT2D eigenvalue weighted by atomic mass is 32.1. The highest BCUT2D eigenvalue weighted by Gasteiger charge is 2.38. The molecule has 0 spiro atoms. The van der Waals surface area contributed by atoms with Crippen LogP contribution in [0.4, 0.5) is 0 Å². The van der Waals surface area contributed by atoms with Gasteiger partial charge in [-0.3, -0.25) is 4.79 Å². The van der Waals surface area contributed by atoms with Crippen molar-refractivity contribution in [3.63, 3.8) is 0 Å². The van der Waals surface area contributed by atoms with E-state index < -0.39 is 0 Å². The van der Waals surface area contributed by atoms with Crippen molar-refractivity contribution in [1.82, 2.24) is 0 Å². The summed E-state index contributed by atoms with van der Waals surface area (Å²) in [6.45, 7) is 2.16. The van der Waals surface area contributed by atoms with Crippen LogP contribution in [0.5, 0.6) is 0 Å². The van der Waals surface area contributed by atoms with Crippen molar-refractivity contribution < 1.29 is 4.79 Å². The molecule has 82 valence electrons. The number of carbonyl (C=O) groups is 1. The molecule has 0 bridgehead atoms. The van der Waals surface area contributed by atoms with Gasteiger partial charge >= 0.3 is 0 Å². The Kier molecular flexibility index (Phi) is 3.25. The van der Waals surface area contributed by atoms with E-state index in [1.807, 2.05) is 6.07 Å². The fourth-order valence-corrected chi connectivity index (χ4v) is 3.34. The first kappa shape index (κ1) is 10.9. The Morgan fingerprint density at radius 1 is 1.47 bits per heavy atom. The molecular weight excluding hydrogens is 204 g/mol. The average molecular weight is 222 g/mol. The molecule has 1 aliphatic rings. The summed E-state index contributed by atoms with van der Waals surface area (Å²) in [5.41, 5.74) is 0.0317. The van der Waals surface area contributed by atoms with Gasteiger partial charge in [0.1, 0.15) is 5.78 Å². The molecule has 1 aromatic heterocycles. The summed E-state index contributed by atoms with van der Waals surface area (Å²) in [5.74, 6) is 0.477. The van der Waals surface area contributed by atoms with Crippen molar-refractivity contribution in [2.75, 3.05) is 0 Å². The molecule has 1 saturated carbocycles. The van der Waals surface area contributed by atoms with E-state index >= 15 is 0 Å². The van der Waals surface area contributed by atoms with Gasteiger partial charge in [0.25, 0.3) is 0 Å². The molecular formula is C13H18OS. The highest BCUT2D eigenvalue weighted by Crippen LogP contribution is 2.42. The molecule has 0 radical (unpaired) electrons. The maximum atomic E-state index is 12.3. The predicted molar refractivity (Wildman–Crippen MR) is 64.2 cm³/mol. The Morgan fingerprint density at radius 3 is 2.73 bits per heavy atom. The number of carbonyl (C=O) groups excluding carboxylic acids is 1. The van der Waals surface area contributed by atoms with E-state index in [4.69, 9.17) is 0 Å². The second-order valence-electron chi connectivity index (χ2n) is 4.52. The van der Waals surface area contributed by atoms with Crippen molar-refractivity contribution in [1.29, 1.82) is 0 Å². The van der Waals surface area contributed by atoms with Gasteiger partial charge in [0.2, 0.25) is 0 Å². The Morgan fingerprint density at radius 2 is 2.20 bits per heavy atom. The third-order valence-electron chi connectivity index (χ3n) is 3.74. The Labute approximate surface area is 95.5 Å². The number of hydrogen-bond donors (Lipinski definition) is 0. The number of thiophene rings is 1. The molecule has 0 aliphatic heterocycles. The number of Topliss-reactive ketones (excluding diaryl/α,β-unsaturated/α-hetero) is 1. The molecule has 0 N–H and O–H groups in total. The lowest BCUT2D eigenvalue weighted by molar-refractivity contribution is -0.128. The quantitative estimate of drug-likeness (QED) is 0.756. The predicted octanol–water partition coefficient (Wildman–Crippen LogP) is 3.83. The Balaban J connectivity index is 2.06. The Bertz CT molecular complexity index is 320. The molecule has 1 nitrogen and oxygen atoms in total. The molecule has 1 fully saturated rings. The van der Waals surface area contributed by atoms with Crippen LogP contribution >= 0.6 is 11.3 Å². The van der Waals surface area contributed by atoms with Gasteiger partial charge in [-0.25, -0.2) is 0 Å². The second-order valence-corrected chi connectivity index (χ2v) is 5.55. The first-order valence-corrected chi connectivity index (χ1v) is 6.70. The summed E-state index contributed by atoms with van der Waals surface area (Å²) >= 11 is 1.70. The van der Waals surface area contributed by atoms with Crippen molar-refractivity contribution >= 4 is 17.1 Å². The fourth-order valence-electron chi connectivity index (χ4n) is 2.64. The van der Waals surface area contributed by atoms with E-state index in [0.717, 1.165) is 19.3 Å². The van der Waals surface area contributed by atoms with Gasteiger partial charge in [-0.2, -0.15) is 0 Å². The van der Waals surface area contributed by atoms with Crippen LogP contribution in [-0.2, 0) is 11.2 Å². The van der Waals surface area contributed by atoms with Gasteiger partial charge in [0, 0.05) is 16.7 Å². The first-order chi connectivity index (χ1) is 7.27. The SMILES string of the molecule is CCC1(C(=O)Cc2cccs2)CCCC1. The van der Waals surface area contributed by atoms with Gasteiger partial charge in [-0.05, 0) is 30.7 Å². The lowest BCUT2D eigenvalue weighted by atomic mass is 9.78. The first-order valence-electron chi connectivity index (χ1n) is 5.82. The number of rotatable bonds is 4. The molecule has 0 atom stereocenters. The molecule has 1 aromatic rings. The van der Waals surface area contributed by atoms with Crippen LogP contribution in [0.15, 0.2) is 17.5 Å². The van der Waals surface area contributed by atoms with Gasteiger partial charge < -0.3 is 0 Å². The summed E-state index contributed by atoms with van der Waals surface area (Å²) in [6, 6.07) is 4.10. The largest absolute Gasteiger partial charge is 0.299 e. The lowest BCUT2D eigenvalue weighted by Gasteiger charge is -2.25. The van der Waals surface area contributed by atoms with E-state index in [0.29, 0.717) is 12.2 Å². The van der Waals surface area contributed by atoms with E-state index in [2.05, 4.69) is 18.4 Å². The van der Waals surface area contributed by atoms with E-state index in [1.165, 1.54) is 17.7 Å². The molecule has 0 saturated heterocycles. The summed E-state index contributed by atoms with van der Waals surface area (Å²) in [6.07, 6.45) is 6.40. The van der Waals surface area contributed by atoms with Gasteiger partial charge in [0.05, 0.1) is 0 Å². The van der Waals surface area contributed by atoms with Gasteiger partial charge in [-0.1, -0.05) is 25.8 Å². The fraction of sp³-hybridized carbons (Fsp3) is 0.615. The molecule has 0 aromatic carbocycles. The second kappa shape index (κ2) is 4.48. The normalized spacial score (nSPS) is 19.3. The number of hydrogen-bond acceptors (Lipinski definition) is 2. The third kappa shape index (κ3) is 2.15. The molecule has 2 heteroatoms. The monoisotopic (exact) mass is 222 g/mol. The standard InChI is InChI=1S/C13H18OS/c1-2-13(7-3-4-8-13)12(14)10-11-6-5-9-15-11/h5-6,9H,2-4,7-8,10H2,1H3. The summed E-state index contributed by atoms with van der Waals surface area (Å²) in [5, 5.41) is 2.05.